The maximum atomic E-state index is 12.9. The lowest BCUT2D eigenvalue weighted by Crippen LogP contribution is -2.45. The van der Waals surface area contributed by atoms with Crippen LogP contribution >= 0.6 is 0 Å². The van der Waals surface area contributed by atoms with Gasteiger partial charge in [-0.3, -0.25) is 9.59 Å². The molecule has 0 amide bonds. The zero-order chi connectivity index (χ0) is 20.2. The Bertz CT molecular complexity index is 699. The first kappa shape index (κ1) is 21.4. The molecule has 0 radical (unpaired) electrons. The molecule has 2 atom stereocenters. The SMILES string of the molecule is CCOC(=O)C(C)(C(=O)OCC)[C@@H]1C=C[C@H](C[Si](C)(C)C)c2ccccc21. The molecular formula is C22H32O4Si. The van der Waals surface area contributed by atoms with E-state index in [1.807, 2.05) is 24.3 Å². The first-order valence-corrected chi connectivity index (χ1v) is 13.5. The Balaban J connectivity index is 2.53. The monoisotopic (exact) mass is 388 g/mol. The molecule has 2 rings (SSSR count). The third-order valence-electron chi connectivity index (χ3n) is 5.12. The zero-order valence-electron chi connectivity index (χ0n) is 17.4. The Hall–Kier alpha value is -1.88. The summed E-state index contributed by atoms with van der Waals surface area (Å²) in [5.74, 6) is -1.14. The molecule has 1 aromatic rings. The minimum absolute atomic E-state index is 0.226. The van der Waals surface area contributed by atoms with Gasteiger partial charge in [0.25, 0.3) is 0 Å². The van der Waals surface area contributed by atoms with E-state index in [-0.39, 0.29) is 13.2 Å². The van der Waals surface area contributed by atoms with Crippen molar-refractivity contribution in [3.8, 4) is 0 Å². The van der Waals surface area contributed by atoms with Gasteiger partial charge in [-0.15, -0.1) is 0 Å². The molecule has 0 saturated carbocycles. The van der Waals surface area contributed by atoms with Crippen molar-refractivity contribution < 1.29 is 19.1 Å². The number of carbonyl (C=O) groups is 2. The van der Waals surface area contributed by atoms with E-state index < -0.39 is 31.3 Å². The van der Waals surface area contributed by atoms with Crippen LogP contribution in [-0.4, -0.2) is 33.2 Å². The van der Waals surface area contributed by atoms with Crippen molar-refractivity contribution in [3.05, 3.63) is 47.5 Å². The average molecular weight is 389 g/mol. The summed E-state index contributed by atoms with van der Waals surface area (Å²) < 4.78 is 10.6. The molecular weight excluding hydrogens is 356 g/mol. The van der Waals surface area contributed by atoms with E-state index in [1.165, 1.54) is 5.56 Å². The molecule has 0 bridgehead atoms. The van der Waals surface area contributed by atoms with E-state index in [9.17, 15) is 9.59 Å². The van der Waals surface area contributed by atoms with Crippen LogP contribution in [0.3, 0.4) is 0 Å². The van der Waals surface area contributed by atoms with Crippen LogP contribution in [0, 0.1) is 5.41 Å². The first-order valence-electron chi connectivity index (χ1n) is 9.76. The van der Waals surface area contributed by atoms with Gasteiger partial charge in [-0.1, -0.05) is 56.1 Å². The number of hydrogen-bond acceptors (Lipinski definition) is 4. The average Bonchev–Trinajstić information content (AvgIpc) is 2.60. The molecule has 0 saturated heterocycles. The number of rotatable bonds is 7. The molecule has 0 spiro atoms. The smallest absolute Gasteiger partial charge is 0.324 e. The Labute approximate surface area is 164 Å². The van der Waals surface area contributed by atoms with E-state index in [0.717, 1.165) is 11.6 Å². The van der Waals surface area contributed by atoms with E-state index in [4.69, 9.17) is 9.47 Å². The lowest BCUT2D eigenvalue weighted by Gasteiger charge is -2.37. The fourth-order valence-electron chi connectivity index (χ4n) is 3.82. The van der Waals surface area contributed by atoms with Crippen molar-refractivity contribution in [2.75, 3.05) is 13.2 Å². The number of fused-ring (bicyclic) bond motifs is 1. The number of hydrogen-bond donors (Lipinski definition) is 0. The Kier molecular flexibility index (Phi) is 6.68. The van der Waals surface area contributed by atoms with Crippen LogP contribution in [0.5, 0.6) is 0 Å². The summed E-state index contributed by atoms with van der Waals surface area (Å²) in [6, 6.07) is 9.26. The molecule has 0 N–H and O–H groups in total. The van der Waals surface area contributed by atoms with E-state index in [2.05, 4.69) is 31.8 Å². The summed E-state index contributed by atoms with van der Waals surface area (Å²) in [5.41, 5.74) is 0.821. The maximum Gasteiger partial charge on any atom is 0.324 e. The van der Waals surface area contributed by atoms with Crippen molar-refractivity contribution in [1.29, 1.82) is 0 Å². The van der Waals surface area contributed by atoms with Gasteiger partial charge in [0, 0.05) is 14.0 Å². The predicted molar refractivity (Wildman–Crippen MR) is 111 cm³/mol. The highest BCUT2D eigenvalue weighted by atomic mass is 28.3. The molecule has 5 heteroatoms. The molecule has 148 valence electrons. The predicted octanol–water partition coefficient (Wildman–Crippen LogP) is 4.89. The van der Waals surface area contributed by atoms with Gasteiger partial charge < -0.3 is 9.47 Å². The molecule has 0 heterocycles. The van der Waals surface area contributed by atoms with Crippen molar-refractivity contribution in [2.45, 2.75) is 58.3 Å². The lowest BCUT2D eigenvalue weighted by molar-refractivity contribution is -0.171. The summed E-state index contributed by atoms with van der Waals surface area (Å²) >= 11 is 0. The minimum atomic E-state index is -1.40. The second kappa shape index (κ2) is 8.42. The summed E-state index contributed by atoms with van der Waals surface area (Å²) in [6.07, 6.45) is 4.18. The summed E-state index contributed by atoms with van der Waals surface area (Å²) in [7, 11) is -1.28. The number of esters is 2. The highest BCUT2D eigenvalue weighted by Gasteiger charge is 2.52. The molecule has 1 aliphatic carbocycles. The van der Waals surface area contributed by atoms with Gasteiger partial charge in [0.05, 0.1) is 13.2 Å². The molecule has 0 fully saturated rings. The topological polar surface area (TPSA) is 52.6 Å². The van der Waals surface area contributed by atoms with Gasteiger partial charge in [0.15, 0.2) is 5.41 Å². The third kappa shape index (κ3) is 4.51. The fraction of sp³-hybridized carbons (Fsp3) is 0.545. The Morgan fingerprint density at radius 2 is 1.48 bits per heavy atom. The van der Waals surface area contributed by atoms with E-state index >= 15 is 0 Å². The van der Waals surface area contributed by atoms with Gasteiger partial charge in [0.1, 0.15) is 0 Å². The first-order chi connectivity index (χ1) is 12.6. The molecule has 0 unspecified atom stereocenters. The van der Waals surface area contributed by atoms with Gasteiger partial charge in [-0.25, -0.2) is 0 Å². The van der Waals surface area contributed by atoms with Crippen LogP contribution in [0.15, 0.2) is 36.4 Å². The van der Waals surface area contributed by atoms with Gasteiger partial charge in [0.2, 0.25) is 0 Å². The van der Waals surface area contributed by atoms with Crippen LogP contribution in [0.25, 0.3) is 0 Å². The summed E-state index contributed by atoms with van der Waals surface area (Å²) in [4.78, 5) is 25.7. The van der Waals surface area contributed by atoms with Crippen molar-refractivity contribution in [1.82, 2.24) is 0 Å². The van der Waals surface area contributed by atoms with Crippen LogP contribution < -0.4 is 0 Å². The molecule has 1 aromatic carbocycles. The molecule has 27 heavy (non-hydrogen) atoms. The number of ether oxygens (including phenoxy) is 2. The molecule has 0 aliphatic heterocycles. The highest BCUT2D eigenvalue weighted by Crippen LogP contribution is 2.47. The second-order valence-corrected chi connectivity index (χ2v) is 14.0. The summed E-state index contributed by atoms with van der Waals surface area (Å²) in [5, 5.41) is 0. The normalized spacial score (nSPS) is 19.3. The number of carbonyl (C=O) groups excluding carboxylic acids is 2. The molecule has 4 nitrogen and oxygen atoms in total. The Morgan fingerprint density at radius 1 is 0.963 bits per heavy atom. The third-order valence-corrected chi connectivity index (χ3v) is 6.78. The number of benzene rings is 1. The van der Waals surface area contributed by atoms with Crippen LogP contribution in [0.2, 0.25) is 25.7 Å². The van der Waals surface area contributed by atoms with Crippen molar-refractivity contribution in [3.63, 3.8) is 0 Å². The Morgan fingerprint density at radius 3 is 1.96 bits per heavy atom. The van der Waals surface area contributed by atoms with E-state index in [1.54, 1.807) is 20.8 Å². The van der Waals surface area contributed by atoms with E-state index in [0.29, 0.717) is 5.92 Å². The van der Waals surface area contributed by atoms with Crippen molar-refractivity contribution in [2.24, 2.45) is 5.41 Å². The van der Waals surface area contributed by atoms with Crippen molar-refractivity contribution >= 4 is 20.0 Å². The quantitative estimate of drug-likeness (QED) is 0.289. The van der Waals surface area contributed by atoms with Gasteiger partial charge in [-0.2, -0.15) is 0 Å². The van der Waals surface area contributed by atoms with Crippen LogP contribution in [0.4, 0.5) is 0 Å². The molecule has 0 aromatic heterocycles. The summed E-state index contributed by atoms with van der Waals surface area (Å²) in [6.45, 7) is 12.7. The lowest BCUT2D eigenvalue weighted by atomic mass is 9.68. The standard InChI is InChI=1S/C22H32O4Si/c1-7-25-20(23)22(3,21(24)26-8-2)19-14-13-16(15-27(4,5)6)17-11-9-10-12-18(17)19/h9-14,16,19H,7-8,15H2,1-6H3/t16-,19-/m1/s1. The zero-order valence-corrected chi connectivity index (χ0v) is 18.4. The largest absolute Gasteiger partial charge is 0.465 e. The molecule has 1 aliphatic rings. The van der Waals surface area contributed by atoms with Gasteiger partial charge in [-0.05, 0) is 43.9 Å². The number of allylic oxidation sites excluding steroid dienone is 2. The highest BCUT2D eigenvalue weighted by molar-refractivity contribution is 6.76. The second-order valence-electron chi connectivity index (χ2n) is 8.51. The fourth-order valence-corrected chi connectivity index (χ4v) is 5.50. The van der Waals surface area contributed by atoms with Gasteiger partial charge >= 0.3 is 11.9 Å². The van der Waals surface area contributed by atoms with Crippen LogP contribution in [-0.2, 0) is 19.1 Å². The maximum absolute atomic E-state index is 12.9. The minimum Gasteiger partial charge on any atom is -0.465 e. The van der Waals surface area contributed by atoms with Crippen LogP contribution in [0.1, 0.15) is 43.7 Å².